The van der Waals surface area contributed by atoms with Gasteiger partial charge in [-0.25, -0.2) is 9.78 Å². The second-order valence-corrected chi connectivity index (χ2v) is 7.12. The van der Waals surface area contributed by atoms with Gasteiger partial charge < -0.3 is 14.5 Å². The Labute approximate surface area is 181 Å². The first-order chi connectivity index (χ1) is 14.5. The molecule has 6 nitrogen and oxygen atoms in total. The van der Waals surface area contributed by atoms with Crippen molar-refractivity contribution in [3.05, 3.63) is 82.3 Å². The molecule has 30 heavy (non-hydrogen) atoms. The maximum absolute atomic E-state index is 12.6. The van der Waals surface area contributed by atoms with Gasteiger partial charge in [-0.1, -0.05) is 47.5 Å². The molecule has 0 fully saturated rings. The molecular weight excluding hydrogens is 427 g/mol. The molecule has 0 atom stereocenters. The molecule has 0 radical (unpaired) electrons. The van der Waals surface area contributed by atoms with E-state index in [0.29, 0.717) is 38.3 Å². The van der Waals surface area contributed by atoms with Crippen LogP contribution in [0.4, 0.5) is 5.69 Å². The van der Waals surface area contributed by atoms with E-state index in [9.17, 15) is 9.59 Å². The predicted octanol–water partition coefficient (Wildman–Crippen LogP) is 5.60. The molecule has 4 aromatic rings. The molecule has 0 spiro atoms. The number of benzene rings is 3. The first-order valence-electron chi connectivity index (χ1n) is 8.88. The van der Waals surface area contributed by atoms with E-state index in [4.69, 9.17) is 32.4 Å². The third kappa shape index (κ3) is 4.30. The summed E-state index contributed by atoms with van der Waals surface area (Å²) in [4.78, 5) is 29.2. The molecule has 1 heterocycles. The molecule has 0 aliphatic heterocycles. The molecule has 0 bridgehead atoms. The number of fused-ring (bicyclic) bond motifs is 1. The zero-order valence-electron chi connectivity index (χ0n) is 15.4. The Kier molecular flexibility index (Phi) is 5.70. The van der Waals surface area contributed by atoms with E-state index in [1.807, 2.05) is 18.2 Å². The average molecular weight is 441 g/mol. The molecule has 1 aromatic heterocycles. The highest BCUT2D eigenvalue weighted by molar-refractivity contribution is 6.35. The number of amides is 1. The van der Waals surface area contributed by atoms with Gasteiger partial charge in [-0.3, -0.25) is 4.79 Å². The number of carbonyl (C=O) groups is 2. The lowest BCUT2D eigenvalue weighted by molar-refractivity contribution is -0.119. The van der Waals surface area contributed by atoms with Gasteiger partial charge in [-0.05, 0) is 42.5 Å². The summed E-state index contributed by atoms with van der Waals surface area (Å²) in [6.45, 7) is -0.496. The summed E-state index contributed by atoms with van der Waals surface area (Å²) in [6, 6.07) is 18.7. The lowest BCUT2D eigenvalue weighted by Gasteiger charge is -2.09. The Morgan fingerprint density at radius 1 is 1.00 bits per heavy atom. The van der Waals surface area contributed by atoms with Gasteiger partial charge in [0.2, 0.25) is 5.89 Å². The van der Waals surface area contributed by atoms with E-state index in [0.717, 1.165) is 0 Å². The minimum absolute atomic E-state index is 0.234. The van der Waals surface area contributed by atoms with Gasteiger partial charge in [0, 0.05) is 5.02 Å². The fourth-order valence-electron chi connectivity index (χ4n) is 2.82. The SMILES string of the molecule is O=C(COC(=O)c1ccccc1-c1nc2ccccc2o1)Nc1cc(Cl)ccc1Cl. The normalized spacial score (nSPS) is 10.7. The summed E-state index contributed by atoms with van der Waals surface area (Å²) in [7, 11) is 0. The second kappa shape index (κ2) is 8.57. The van der Waals surface area contributed by atoms with Crippen molar-refractivity contribution >= 4 is 51.9 Å². The molecule has 0 saturated carbocycles. The van der Waals surface area contributed by atoms with Crippen LogP contribution in [0.1, 0.15) is 10.4 Å². The maximum atomic E-state index is 12.6. The number of para-hydroxylation sites is 2. The standard InChI is InChI=1S/C22H14Cl2N2O4/c23-13-9-10-16(24)18(11-13)25-20(27)12-29-22(28)15-6-2-1-5-14(15)21-26-17-7-3-4-8-19(17)30-21/h1-11H,12H2,(H,25,27). The highest BCUT2D eigenvalue weighted by Gasteiger charge is 2.19. The third-order valence-corrected chi connectivity index (χ3v) is 4.77. The lowest BCUT2D eigenvalue weighted by Crippen LogP contribution is -2.21. The summed E-state index contributed by atoms with van der Waals surface area (Å²) in [5.74, 6) is -0.939. The Morgan fingerprint density at radius 3 is 2.60 bits per heavy atom. The van der Waals surface area contributed by atoms with Crippen LogP contribution in [0.5, 0.6) is 0 Å². The molecule has 0 aliphatic carbocycles. The minimum Gasteiger partial charge on any atom is -0.452 e. The van der Waals surface area contributed by atoms with E-state index in [2.05, 4.69) is 10.3 Å². The number of carbonyl (C=O) groups excluding carboxylic acids is 2. The van der Waals surface area contributed by atoms with Gasteiger partial charge in [0.05, 0.1) is 21.8 Å². The minimum atomic E-state index is -0.680. The molecule has 3 aromatic carbocycles. The summed E-state index contributed by atoms with van der Waals surface area (Å²) in [5, 5.41) is 3.29. The van der Waals surface area contributed by atoms with Crippen molar-refractivity contribution in [2.24, 2.45) is 0 Å². The largest absolute Gasteiger partial charge is 0.452 e. The van der Waals surface area contributed by atoms with Crippen molar-refractivity contribution < 1.29 is 18.7 Å². The van der Waals surface area contributed by atoms with Crippen LogP contribution in [0.25, 0.3) is 22.6 Å². The first-order valence-corrected chi connectivity index (χ1v) is 9.64. The zero-order chi connectivity index (χ0) is 21.1. The highest BCUT2D eigenvalue weighted by Crippen LogP contribution is 2.28. The monoisotopic (exact) mass is 440 g/mol. The number of esters is 1. The molecule has 150 valence electrons. The van der Waals surface area contributed by atoms with Gasteiger partial charge in [0.15, 0.2) is 12.2 Å². The van der Waals surface area contributed by atoms with Crippen LogP contribution < -0.4 is 5.32 Å². The molecule has 0 saturated heterocycles. The van der Waals surface area contributed by atoms with E-state index in [1.54, 1.807) is 42.5 Å². The van der Waals surface area contributed by atoms with Gasteiger partial charge in [-0.2, -0.15) is 0 Å². The summed E-state index contributed by atoms with van der Waals surface area (Å²) in [6.07, 6.45) is 0. The first kappa shape index (κ1) is 19.9. The van der Waals surface area contributed by atoms with Crippen molar-refractivity contribution in [1.29, 1.82) is 0 Å². The summed E-state index contributed by atoms with van der Waals surface area (Å²) < 4.78 is 10.9. The number of nitrogens with zero attached hydrogens (tertiary/aromatic N) is 1. The van der Waals surface area contributed by atoms with Crippen molar-refractivity contribution in [2.75, 3.05) is 11.9 Å². The second-order valence-electron chi connectivity index (χ2n) is 6.28. The molecule has 1 N–H and O–H groups in total. The highest BCUT2D eigenvalue weighted by atomic mass is 35.5. The smallest absolute Gasteiger partial charge is 0.339 e. The predicted molar refractivity (Wildman–Crippen MR) is 115 cm³/mol. The number of aromatic nitrogens is 1. The number of hydrogen-bond acceptors (Lipinski definition) is 5. The number of nitrogens with one attached hydrogen (secondary N) is 1. The number of halogens is 2. The van der Waals surface area contributed by atoms with E-state index in [-0.39, 0.29) is 5.56 Å². The third-order valence-electron chi connectivity index (χ3n) is 4.21. The lowest BCUT2D eigenvalue weighted by atomic mass is 10.1. The number of rotatable bonds is 5. The molecule has 8 heteroatoms. The molecule has 0 unspecified atom stereocenters. The number of ether oxygens (including phenoxy) is 1. The van der Waals surface area contributed by atoms with Crippen LogP contribution in [-0.4, -0.2) is 23.5 Å². The van der Waals surface area contributed by atoms with Crippen molar-refractivity contribution in [1.82, 2.24) is 4.98 Å². The van der Waals surface area contributed by atoms with Crippen molar-refractivity contribution in [3.8, 4) is 11.5 Å². The van der Waals surface area contributed by atoms with Gasteiger partial charge in [0.1, 0.15) is 5.52 Å². The number of oxazole rings is 1. The van der Waals surface area contributed by atoms with Gasteiger partial charge >= 0.3 is 5.97 Å². The fourth-order valence-corrected chi connectivity index (χ4v) is 3.16. The Hall–Kier alpha value is -3.35. The van der Waals surface area contributed by atoms with Crippen LogP contribution in [-0.2, 0) is 9.53 Å². The number of anilines is 1. The Balaban J connectivity index is 1.49. The van der Waals surface area contributed by atoms with Crippen LogP contribution in [0.3, 0.4) is 0 Å². The Morgan fingerprint density at radius 2 is 1.77 bits per heavy atom. The average Bonchev–Trinajstić information content (AvgIpc) is 3.19. The molecule has 4 rings (SSSR count). The van der Waals surface area contributed by atoms with Crippen molar-refractivity contribution in [2.45, 2.75) is 0 Å². The summed E-state index contributed by atoms with van der Waals surface area (Å²) >= 11 is 11.9. The van der Waals surface area contributed by atoms with E-state index >= 15 is 0 Å². The van der Waals surface area contributed by atoms with Crippen LogP contribution in [0.2, 0.25) is 10.0 Å². The van der Waals surface area contributed by atoms with Crippen LogP contribution in [0, 0.1) is 0 Å². The Bertz CT molecular complexity index is 1220. The van der Waals surface area contributed by atoms with Gasteiger partial charge in [0.25, 0.3) is 5.91 Å². The van der Waals surface area contributed by atoms with E-state index < -0.39 is 18.5 Å². The quantitative estimate of drug-likeness (QED) is 0.408. The molecule has 0 aliphatic rings. The van der Waals surface area contributed by atoms with Crippen LogP contribution >= 0.6 is 23.2 Å². The van der Waals surface area contributed by atoms with Crippen LogP contribution in [0.15, 0.2) is 71.1 Å². The van der Waals surface area contributed by atoms with E-state index in [1.165, 1.54) is 6.07 Å². The molecular formula is C22H14Cl2N2O4. The topological polar surface area (TPSA) is 81.4 Å². The maximum Gasteiger partial charge on any atom is 0.339 e. The zero-order valence-corrected chi connectivity index (χ0v) is 16.9. The number of hydrogen-bond donors (Lipinski definition) is 1. The molecule has 1 amide bonds. The summed E-state index contributed by atoms with van der Waals surface area (Å²) in [5.41, 5.74) is 2.31. The fraction of sp³-hybridized carbons (Fsp3) is 0.0455. The van der Waals surface area contributed by atoms with Gasteiger partial charge in [-0.15, -0.1) is 0 Å². The van der Waals surface area contributed by atoms with Crippen molar-refractivity contribution in [3.63, 3.8) is 0 Å².